The molecule has 4 aromatic rings. The van der Waals surface area contributed by atoms with E-state index in [2.05, 4.69) is 19.8 Å². The molecule has 0 radical (unpaired) electrons. The number of likely N-dealkylation sites (tertiary alicyclic amines) is 1. The van der Waals surface area contributed by atoms with Crippen molar-refractivity contribution >= 4 is 17.2 Å². The number of carbonyl (C=O) groups is 1. The van der Waals surface area contributed by atoms with Gasteiger partial charge in [0.25, 0.3) is 5.56 Å². The highest BCUT2D eigenvalue weighted by Crippen LogP contribution is 2.25. The van der Waals surface area contributed by atoms with Gasteiger partial charge < -0.3 is 14.5 Å². The number of ether oxygens (including phenoxy) is 1. The molecule has 0 amide bonds. The summed E-state index contributed by atoms with van der Waals surface area (Å²) < 4.78 is 7.33. The van der Waals surface area contributed by atoms with Gasteiger partial charge >= 0.3 is 0 Å². The molecule has 200 valence electrons. The Kier molecular flexibility index (Phi) is 7.36. The van der Waals surface area contributed by atoms with Crippen molar-refractivity contribution in [3.63, 3.8) is 0 Å². The average molecular weight is 524 g/mol. The number of benzene rings is 1. The number of hydrogen-bond donors (Lipinski definition) is 0. The number of piperidine rings is 2. The van der Waals surface area contributed by atoms with Gasteiger partial charge in [-0.2, -0.15) is 4.98 Å². The van der Waals surface area contributed by atoms with Crippen LogP contribution in [0.4, 0.5) is 5.82 Å². The third-order valence-corrected chi connectivity index (χ3v) is 7.85. The van der Waals surface area contributed by atoms with Gasteiger partial charge in [-0.15, -0.1) is 0 Å². The minimum atomic E-state index is -0.461. The predicted octanol–water partition coefficient (Wildman–Crippen LogP) is 4.35. The van der Waals surface area contributed by atoms with Crippen molar-refractivity contribution in [2.24, 2.45) is 0 Å². The third kappa shape index (κ3) is 5.43. The van der Waals surface area contributed by atoms with Gasteiger partial charge in [-0.05, 0) is 68.6 Å². The zero-order chi connectivity index (χ0) is 26.6. The van der Waals surface area contributed by atoms with Crippen molar-refractivity contribution in [1.29, 1.82) is 0 Å². The Hall–Kier alpha value is -4.04. The van der Waals surface area contributed by atoms with Crippen molar-refractivity contribution in [1.82, 2.24) is 19.3 Å². The van der Waals surface area contributed by atoms with Crippen molar-refractivity contribution in [3.8, 4) is 5.88 Å². The maximum Gasteiger partial charge on any atom is 0.273 e. The van der Waals surface area contributed by atoms with Crippen molar-refractivity contribution < 1.29 is 9.53 Å². The Morgan fingerprint density at radius 3 is 2.41 bits per heavy atom. The van der Waals surface area contributed by atoms with Crippen LogP contribution in [0.15, 0.2) is 77.9 Å². The van der Waals surface area contributed by atoms with E-state index in [1.165, 1.54) is 36.8 Å². The fraction of sp³-hybridized carbons (Fsp3) is 0.355. The molecule has 2 fully saturated rings. The second-order valence-electron chi connectivity index (χ2n) is 10.3. The predicted molar refractivity (Wildman–Crippen MR) is 151 cm³/mol. The molecule has 2 saturated heterocycles. The van der Waals surface area contributed by atoms with E-state index in [9.17, 15) is 9.59 Å². The van der Waals surface area contributed by atoms with Crippen LogP contribution in [0.25, 0.3) is 5.65 Å². The molecule has 8 nitrogen and oxygen atoms in total. The van der Waals surface area contributed by atoms with Gasteiger partial charge in [0.05, 0.1) is 0 Å². The monoisotopic (exact) mass is 523 g/mol. The summed E-state index contributed by atoms with van der Waals surface area (Å²) in [5, 5.41) is 0. The lowest BCUT2D eigenvalue weighted by atomic mass is 10.00. The highest BCUT2D eigenvalue weighted by Gasteiger charge is 2.27. The lowest BCUT2D eigenvalue weighted by molar-refractivity contribution is 0.103. The maximum absolute atomic E-state index is 13.7. The van der Waals surface area contributed by atoms with E-state index in [4.69, 9.17) is 4.74 Å². The summed E-state index contributed by atoms with van der Waals surface area (Å²) in [7, 11) is 0. The number of pyridine rings is 2. The molecule has 0 unspecified atom stereocenters. The molecule has 3 aromatic heterocycles. The summed E-state index contributed by atoms with van der Waals surface area (Å²) >= 11 is 0. The summed E-state index contributed by atoms with van der Waals surface area (Å²) in [5.41, 5.74) is 1.12. The molecule has 5 heterocycles. The molecule has 2 aliphatic heterocycles. The van der Waals surface area contributed by atoms with E-state index < -0.39 is 11.3 Å². The quantitative estimate of drug-likeness (QED) is 0.333. The minimum Gasteiger partial charge on any atom is -0.472 e. The van der Waals surface area contributed by atoms with Crippen LogP contribution >= 0.6 is 0 Å². The van der Waals surface area contributed by atoms with Gasteiger partial charge in [0, 0.05) is 37.1 Å². The van der Waals surface area contributed by atoms with Crippen molar-refractivity contribution in [2.45, 2.75) is 44.8 Å². The number of rotatable bonds is 7. The normalized spacial score (nSPS) is 16.9. The van der Waals surface area contributed by atoms with Crippen LogP contribution < -0.4 is 15.2 Å². The summed E-state index contributed by atoms with van der Waals surface area (Å²) in [5.74, 6) is 0.443. The summed E-state index contributed by atoms with van der Waals surface area (Å²) in [4.78, 5) is 41.2. The Morgan fingerprint density at radius 2 is 1.67 bits per heavy atom. The number of hydrogen-bond acceptors (Lipinski definition) is 7. The van der Waals surface area contributed by atoms with Gasteiger partial charge in [0.15, 0.2) is 5.56 Å². The second kappa shape index (κ2) is 11.4. The second-order valence-corrected chi connectivity index (χ2v) is 10.3. The van der Waals surface area contributed by atoms with Gasteiger partial charge in [-0.3, -0.25) is 14.0 Å². The topological polar surface area (TPSA) is 80.0 Å². The van der Waals surface area contributed by atoms with Crippen LogP contribution in [0.5, 0.6) is 5.88 Å². The van der Waals surface area contributed by atoms with Gasteiger partial charge in [0.1, 0.15) is 18.1 Å². The number of nitrogens with zero attached hydrogens (tertiary/aromatic N) is 5. The standard InChI is InChI=1S/C31H33N5O3/c37-29(24-12-13-26(32-21-24)35-19-14-25(15-20-35)34-16-6-2-7-17-34)28-30(39-22-23-9-3-1-4-10-23)33-27-11-5-8-18-36(27)31(28)38/h1,3-5,8-13,18,21,25H,2,6-7,14-17,19-20,22H2. The Labute approximate surface area is 227 Å². The third-order valence-electron chi connectivity index (χ3n) is 7.85. The van der Waals surface area contributed by atoms with Gasteiger partial charge in [-0.1, -0.05) is 42.8 Å². The molecule has 6 rings (SSSR count). The van der Waals surface area contributed by atoms with E-state index in [0.29, 0.717) is 17.3 Å². The van der Waals surface area contributed by atoms with E-state index in [-0.39, 0.29) is 18.1 Å². The van der Waals surface area contributed by atoms with Crippen LogP contribution in [-0.4, -0.2) is 57.3 Å². The van der Waals surface area contributed by atoms with E-state index in [1.807, 2.05) is 36.4 Å². The smallest absolute Gasteiger partial charge is 0.273 e. The molecular weight excluding hydrogens is 490 g/mol. The van der Waals surface area contributed by atoms with E-state index >= 15 is 0 Å². The maximum atomic E-state index is 13.7. The molecule has 0 aliphatic carbocycles. The van der Waals surface area contributed by atoms with Crippen molar-refractivity contribution in [3.05, 3.63) is 100 Å². The Bertz CT molecular complexity index is 1490. The largest absolute Gasteiger partial charge is 0.472 e. The highest BCUT2D eigenvalue weighted by atomic mass is 16.5. The van der Waals surface area contributed by atoms with E-state index in [1.54, 1.807) is 36.7 Å². The first kappa shape index (κ1) is 25.2. The van der Waals surface area contributed by atoms with Crippen LogP contribution in [0.1, 0.15) is 53.6 Å². The van der Waals surface area contributed by atoms with Crippen LogP contribution in [0.3, 0.4) is 0 Å². The fourth-order valence-electron chi connectivity index (χ4n) is 5.69. The summed E-state index contributed by atoms with van der Waals surface area (Å²) in [6.45, 7) is 4.55. The first-order valence-electron chi connectivity index (χ1n) is 13.9. The molecule has 0 saturated carbocycles. The summed E-state index contributed by atoms with van der Waals surface area (Å²) in [6.07, 6.45) is 9.41. The van der Waals surface area contributed by atoms with Gasteiger partial charge in [0.2, 0.25) is 11.7 Å². The molecule has 39 heavy (non-hydrogen) atoms. The molecule has 0 bridgehead atoms. The van der Waals surface area contributed by atoms with Crippen LogP contribution in [-0.2, 0) is 6.61 Å². The van der Waals surface area contributed by atoms with Crippen LogP contribution in [0, 0.1) is 0 Å². The number of carbonyl (C=O) groups excluding carboxylic acids is 1. The molecule has 0 atom stereocenters. The van der Waals surface area contributed by atoms with Crippen LogP contribution in [0.2, 0.25) is 0 Å². The molecular formula is C31H33N5O3. The zero-order valence-corrected chi connectivity index (χ0v) is 22.0. The molecule has 2 aliphatic rings. The first-order valence-corrected chi connectivity index (χ1v) is 13.9. The SMILES string of the molecule is O=C(c1ccc(N2CCC(N3CCCCC3)CC2)nc1)c1c(OCc2ccccc2)nc2ccccn2c1=O. The highest BCUT2D eigenvalue weighted by molar-refractivity contribution is 6.10. The Balaban J connectivity index is 1.22. The lowest BCUT2D eigenvalue weighted by Gasteiger charge is -2.40. The minimum absolute atomic E-state index is 0.0314. The molecule has 8 heteroatoms. The molecule has 0 spiro atoms. The first-order chi connectivity index (χ1) is 19.2. The molecule has 0 N–H and O–H groups in total. The fourth-order valence-corrected chi connectivity index (χ4v) is 5.69. The zero-order valence-electron chi connectivity index (χ0n) is 22.0. The van der Waals surface area contributed by atoms with E-state index in [0.717, 1.165) is 37.3 Å². The number of anilines is 1. The average Bonchev–Trinajstić information content (AvgIpc) is 3.01. The molecule has 1 aromatic carbocycles. The number of ketones is 1. The number of fused-ring (bicyclic) bond motifs is 1. The van der Waals surface area contributed by atoms with Crippen molar-refractivity contribution in [2.75, 3.05) is 31.1 Å². The van der Waals surface area contributed by atoms with Gasteiger partial charge in [-0.25, -0.2) is 4.98 Å². The summed E-state index contributed by atoms with van der Waals surface area (Å²) in [6, 6.07) is 19.1. The Morgan fingerprint density at radius 1 is 0.897 bits per heavy atom. The number of aromatic nitrogens is 3. The lowest BCUT2D eigenvalue weighted by Crippen LogP contribution is -2.46.